The predicted molar refractivity (Wildman–Crippen MR) is 113 cm³/mol. The highest BCUT2D eigenvalue weighted by molar-refractivity contribution is 9.09. The largest absolute Gasteiger partial charge is 0.298 e. The van der Waals surface area contributed by atoms with Crippen molar-refractivity contribution >= 4 is 21.7 Å². The molecule has 0 aliphatic heterocycles. The average molecular weight is 431 g/mol. The summed E-state index contributed by atoms with van der Waals surface area (Å²) in [4.78, 5) is 12.6. The van der Waals surface area contributed by atoms with E-state index in [1.807, 2.05) is 0 Å². The van der Waals surface area contributed by atoms with Gasteiger partial charge in [-0.25, -0.2) is 0 Å². The molecule has 0 heterocycles. The fourth-order valence-electron chi connectivity index (χ4n) is 8.07. The molecule has 0 aromatic rings. The highest BCUT2D eigenvalue weighted by Gasteiger charge is 2.58. The molecule has 5 aliphatic rings. The van der Waals surface area contributed by atoms with Crippen LogP contribution in [0.2, 0.25) is 0 Å². The van der Waals surface area contributed by atoms with Gasteiger partial charge in [-0.3, -0.25) is 4.79 Å². The fraction of sp³-hybridized carbons (Fsp3) is 0.880. The molecule has 1 nitrogen and oxygen atoms in total. The van der Waals surface area contributed by atoms with Gasteiger partial charge in [0.05, 0.1) is 5.33 Å². The van der Waals surface area contributed by atoms with Crippen molar-refractivity contribution in [2.75, 3.05) is 5.33 Å². The first-order valence-electron chi connectivity index (χ1n) is 11.7. The molecule has 148 valence electrons. The molecule has 0 bridgehead atoms. The van der Waals surface area contributed by atoms with Crippen LogP contribution in [0, 0.1) is 64.6 Å². The molecule has 5 saturated carbocycles. The summed E-state index contributed by atoms with van der Waals surface area (Å²) in [7, 11) is 0. The first-order chi connectivity index (χ1) is 13.1. The summed E-state index contributed by atoms with van der Waals surface area (Å²) in [6.45, 7) is 2.47. The summed E-state index contributed by atoms with van der Waals surface area (Å²) in [5.41, 5.74) is 0.297. The Morgan fingerprint density at radius 2 is 1.63 bits per heavy atom. The van der Waals surface area contributed by atoms with E-state index in [9.17, 15) is 4.79 Å². The van der Waals surface area contributed by atoms with Crippen LogP contribution >= 0.6 is 15.9 Å². The third kappa shape index (κ3) is 3.25. The van der Waals surface area contributed by atoms with Crippen LogP contribution in [0.15, 0.2) is 0 Å². The summed E-state index contributed by atoms with van der Waals surface area (Å²) in [6.07, 6.45) is 14.9. The Bertz CT molecular complexity index is 655. The van der Waals surface area contributed by atoms with Crippen molar-refractivity contribution in [1.29, 1.82) is 0 Å². The van der Waals surface area contributed by atoms with Crippen molar-refractivity contribution in [3.8, 4) is 11.8 Å². The zero-order valence-electron chi connectivity index (χ0n) is 16.9. The lowest BCUT2D eigenvalue weighted by Gasteiger charge is -2.56. The Morgan fingerprint density at radius 3 is 2.41 bits per heavy atom. The number of hydrogen-bond donors (Lipinski definition) is 0. The van der Waals surface area contributed by atoms with E-state index in [-0.39, 0.29) is 0 Å². The van der Waals surface area contributed by atoms with E-state index in [2.05, 4.69) is 34.7 Å². The summed E-state index contributed by atoms with van der Waals surface area (Å²) >= 11 is 3.45. The molecule has 27 heavy (non-hydrogen) atoms. The van der Waals surface area contributed by atoms with Gasteiger partial charge in [-0.2, -0.15) is 0 Å². The number of hydrogen-bond acceptors (Lipinski definition) is 1. The maximum Gasteiger partial charge on any atom is 0.147 e. The highest BCUT2D eigenvalue weighted by Crippen LogP contribution is 2.64. The lowest BCUT2D eigenvalue weighted by Crippen LogP contribution is -2.49. The van der Waals surface area contributed by atoms with Crippen LogP contribution in [0.4, 0.5) is 0 Å². The topological polar surface area (TPSA) is 17.1 Å². The summed E-state index contributed by atoms with van der Waals surface area (Å²) in [6, 6.07) is 0. The quantitative estimate of drug-likeness (QED) is 0.373. The second kappa shape index (κ2) is 7.19. The van der Waals surface area contributed by atoms with Crippen LogP contribution in [-0.4, -0.2) is 11.1 Å². The third-order valence-corrected chi connectivity index (χ3v) is 10.1. The molecule has 0 amide bonds. The van der Waals surface area contributed by atoms with Crippen LogP contribution in [0.5, 0.6) is 0 Å². The molecular formula is C25H35BrO. The SMILES string of the molecule is CC12CCC3C4CCC(C#CC5CC5)CC4CCC3C1CCC2C(=O)CBr. The Kier molecular flexibility index (Phi) is 4.99. The van der Waals surface area contributed by atoms with Crippen molar-refractivity contribution in [2.45, 2.75) is 77.6 Å². The molecule has 0 N–H and O–H groups in total. The highest BCUT2D eigenvalue weighted by atomic mass is 79.9. The number of carbonyl (C=O) groups is 1. The zero-order valence-corrected chi connectivity index (χ0v) is 18.5. The summed E-state index contributed by atoms with van der Waals surface area (Å²) < 4.78 is 0. The van der Waals surface area contributed by atoms with Gasteiger partial charge >= 0.3 is 0 Å². The maximum atomic E-state index is 12.6. The van der Waals surface area contributed by atoms with Crippen LogP contribution in [0.3, 0.4) is 0 Å². The predicted octanol–water partition coefficient (Wildman–Crippen LogP) is 6.25. The first-order valence-corrected chi connectivity index (χ1v) is 12.8. The van der Waals surface area contributed by atoms with E-state index in [1.165, 1.54) is 64.2 Å². The second-order valence-electron chi connectivity index (χ2n) is 10.8. The molecule has 5 rings (SSSR count). The van der Waals surface area contributed by atoms with Gasteiger partial charge in [0.25, 0.3) is 0 Å². The summed E-state index contributed by atoms with van der Waals surface area (Å²) in [5.74, 6) is 14.1. The van der Waals surface area contributed by atoms with Crippen molar-refractivity contribution in [2.24, 2.45) is 52.8 Å². The summed E-state index contributed by atoms with van der Waals surface area (Å²) in [5, 5.41) is 0.558. The maximum absolute atomic E-state index is 12.6. The average Bonchev–Trinajstić information content (AvgIpc) is 3.45. The normalized spacial score (nSPS) is 48.6. The molecule has 0 aromatic carbocycles. The van der Waals surface area contributed by atoms with Crippen molar-refractivity contribution in [1.82, 2.24) is 0 Å². The molecular weight excluding hydrogens is 396 g/mol. The van der Waals surface area contributed by atoms with Crippen molar-refractivity contribution in [3.63, 3.8) is 0 Å². The minimum Gasteiger partial charge on any atom is -0.298 e. The molecule has 0 radical (unpaired) electrons. The number of rotatable bonds is 2. The Morgan fingerprint density at radius 1 is 0.889 bits per heavy atom. The van der Waals surface area contributed by atoms with Crippen LogP contribution in [0.25, 0.3) is 0 Å². The molecule has 8 atom stereocenters. The number of Topliss-reactive ketones (excluding diaryl/α,β-unsaturated/α-hetero) is 1. The second-order valence-corrected chi connectivity index (χ2v) is 11.3. The van der Waals surface area contributed by atoms with Gasteiger partial charge in [-0.05, 0) is 106 Å². The van der Waals surface area contributed by atoms with Crippen LogP contribution in [0.1, 0.15) is 77.6 Å². The molecule has 2 heteroatoms. The van der Waals surface area contributed by atoms with E-state index in [4.69, 9.17) is 0 Å². The Hall–Kier alpha value is -0.290. The molecule has 0 saturated heterocycles. The molecule has 0 spiro atoms. The Labute approximate surface area is 173 Å². The standard InChI is InChI=1S/C25H35BrO/c1-25-13-12-20-19-8-6-17(5-4-16-2-3-16)14-18(19)7-9-21(20)22(25)10-11-23(25)24(27)15-26/h16-23H,2-3,6-15H2,1H3. The van der Waals surface area contributed by atoms with Gasteiger partial charge in [-0.1, -0.05) is 34.7 Å². The first kappa shape index (κ1) is 18.7. The third-order valence-electron chi connectivity index (χ3n) is 9.54. The van der Waals surface area contributed by atoms with Gasteiger partial charge in [0, 0.05) is 17.8 Å². The van der Waals surface area contributed by atoms with Gasteiger partial charge in [0.2, 0.25) is 0 Å². The van der Waals surface area contributed by atoms with E-state index in [1.54, 1.807) is 0 Å². The van der Waals surface area contributed by atoms with Gasteiger partial charge < -0.3 is 0 Å². The van der Waals surface area contributed by atoms with E-state index in [0.717, 1.165) is 41.9 Å². The van der Waals surface area contributed by atoms with Crippen LogP contribution < -0.4 is 0 Å². The lowest BCUT2D eigenvalue weighted by molar-refractivity contribution is -0.127. The number of carbonyl (C=O) groups excluding carboxylic acids is 1. The fourth-order valence-corrected chi connectivity index (χ4v) is 8.46. The minimum absolute atomic E-state index is 0.297. The van der Waals surface area contributed by atoms with Crippen molar-refractivity contribution in [3.05, 3.63) is 0 Å². The number of fused-ring (bicyclic) bond motifs is 5. The van der Waals surface area contributed by atoms with Crippen LogP contribution in [-0.2, 0) is 4.79 Å². The molecule has 0 aromatic heterocycles. The number of halogens is 1. The minimum atomic E-state index is 0.297. The van der Waals surface area contributed by atoms with Gasteiger partial charge in [0.15, 0.2) is 0 Å². The lowest BCUT2D eigenvalue weighted by atomic mass is 9.49. The van der Waals surface area contributed by atoms with E-state index >= 15 is 0 Å². The molecule has 8 unspecified atom stereocenters. The monoisotopic (exact) mass is 430 g/mol. The zero-order chi connectivity index (χ0) is 18.6. The molecule has 5 fully saturated rings. The van der Waals surface area contributed by atoms with Crippen molar-refractivity contribution < 1.29 is 4.79 Å². The number of alkyl halides is 1. The van der Waals surface area contributed by atoms with Gasteiger partial charge in [-0.15, -0.1) is 0 Å². The van der Waals surface area contributed by atoms with E-state index < -0.39 is 0 Å². The smallest absolute Gasteiger partial charge is 0.147 e. The van der Waals surface area contributed by atoms with Gasteiger partial charge in [0.1, 0.15) is 5.78 Å². The van der Waals surface area contributed by atoms with E-state index in [0.29, 0.717) is 28.4 Å². The Balaban J connectivity index is 1.29. The number of ketones is 1. The molecule has 5 aliphatic carbocycles.